The highest BCUT2D eigenvalue weighted by molar-refractivity contribution is 7.89. The molecule has 8 nitrogen and oxygen atoms in total. The summed E-state index contributed by atoms with van der Waals surface area (Å²) in [5.41, 5.74) is 0.635. The minimum absolute atomic E-state index is 0.000931. The molecular weight excluding hydrogens is 468 g/mol. The van der Waals surface area contributed by atoms with E-state index in [-0.39, 0.29) is 46.6 Å². The summed E-state index contributed by atoms with van der Waals surface area (Å²) in [7, 11) is -2.29. The quantitative estimate of drug-likeness (QED) is 0.620. The van der Waals surface area contributed by atoms with Crippen molar-refractivity contribution >= 4 is 27.5 Å². The van der Waals surface area contributed by atoms with Crippen LogP contribution in [0, 0.1) is 6.92 Å². The Morgan fingerprint density at radius 1 is 1.34 bits per heavy atom. The fourth-order valence-electron chi connectivity index (χ4n) is 3.55. The van der Waals surface area contributed by atoms with E-state index in [1.165, 1.54) is 33.1 Å². The van der Waals surface area contributed by atoms with Gasteiger partial charge in [0.15, 0.2) is 0 Å². The average molecular weight is 492 g/mol. The number of nitrogens with one attached hydrogen (secondary N) is 1. The van der Waals surface area contributed by atoms with Gasteiger partial charge in [0, 0.05) is 43.0 Å². The molecule has 1 aliphatic rings. The Morgan fingerprint density at radius 2 is 2.00 bits per heavy atom. The van der Waals surface area contributed by atoms with Crippen LogP contribution >= 0.6 is 11.6 Å². The summed E-state index contributed by atoms with van der Waals surface area (Å²) < 4.78 is 58.6. The van der Waals surface area contributed by atoms with Gasteiger partial charge in [-0.2, -0.15) is 13.1 Å². The van der Waals surface area contributed by atoms with Gasteiger partial charge >= 0.3 is 6.61 Å². The van der Waals surface area contributed by atoms with E-state index in [0.29, 0.717) is 18.5 Å². The molecule has 1 fully saturated rings. The van der Waals surface area contributed by atoms with Gasteiger partial charge in [-0.1, -0.05) is 17.7 Å². The van der Waals surface area contributed by atoms with Gasteiger partial charge in [-0.3, -0.25) is 4.79 Å². The third kappa shape index (κ3) is 5.06. The van der Waals surface area contributed by atoms with Crippen LogP contribution in [0.5, 0.6) is 5.75 Å². The molecule has 2 N–H and O–H groups in total. The van der Waals surface area contributed by atoms with E-state index < -0.39 is 28.6 Å². The number of hydrogen-bond donors (Lipinski definition) is 2. The van der Waals surface area contributed by atoms with Gasteiger partial charge < -0.3 is 19.7 Å². The molecule has 0 unspecified atom stereocenters. The van der Waals surface area contributed by atoms with Gasteiger partial charge in [0.25, 0.3) is 5.91 Å². The van der Waals surface area contributed by atoms with Crippen LogP contribution in [0.2, 0.25) is 5.02 Å². The van der Waals surface area contributed by atoms with Crippen molar-refractivity contribution < 1.29 is 31.8 Å². The molecule has 0 atom stereocenters. The average Bonchev–Trinajstić information content (AvgIpc) is 3.03. The lowest BCUT2D eigenvalue weighted by Gasteiger charge is -2.28. The molecule has 12 heteroatoms. The van der Waals surface area contributed by atoms with Crippen molar-refractivity contribution in [1.29, 1.82) is 0 Å². The number of hydrogen-bond acceptors (Lipinski definition) is 5. The molecule has 0 saturated carbocycles. The lowest BCUT2D eigenvalue weighted by Crippen LogP contribution is -2.40. The van der Waals surface area contributed by atoms with Crippen molar-refractivity contribution in [3.63, 3.8) is 0 Å². The summed E-state index contributed by atoms with van der Waals surface area (Å²) in [5.74, 6) is -0.763. The summed E-state index contributed by atoms with van der Waals surface area (Å²) >= 11 is 6.07. The third-order valence-electron chi connectivity index (χ3n) is 5.48. The number of benzene rings is 1. The standard InChI is InChI=1S/C20H24ClF2N3O5S/c1-12-18(32(29,30)26-8-6-13(27)7-9-26)10-16(25(12)2)19(28)24-11-14-15(21)4-3-5-17(14)31-20(22)23/h3-5,10,13,20,27H,6-9,11H2,1-2H3,(H,24,28). The second-order valence-corrected chi connectivity index (χ2v) is 9.76. The topological polar surface area (TPSA) is 101 Å². The Balaban J connectivity index is 1.81. The maximum atomic E-state index is 13.1. The molecule has 176 valence electrons. The first-order valence-corrected chi connectivity index (χ1v) is 11.7. The Hall–Kier alpha value is -2.21. The zero-order chi connectivity index (χ0) is 23.6. The molecule has 2 heterocycles. The summed E-state index contributed by atoms with van der Waals surface area (Å²) in [5, 5.41) is 12.4. The third-order valence-corrected chi connectivity index (χ3v) is 7.85. The highest BCUT2D eigenvalue weighted by atomic mass is 35.5. The zero-order valence-corrected chi connectivity index (χ0v) is 19.1. The minimum atomic E-state index is -3.85. The van der Waals surface area contributed by atoms with Gasteiger partial charge in [-0.15, -0.1) is 0 Å². The summed E-state index contributed by atoms with van der Waals surface area (Å²) in [4.78, 5) is 12.8. The zero-order valence-electron chi connectivity index (χ0n) is 17.5. The molecule has 1 aromatic heterocycles. The number of carbonyl (C=O) groups is 1. The number of rotatable bonds is 7. The monoisotopic (exact) mass is 491 g/mol. The summed E-state index contributed by atoms with van der Waals surface area (Å²) in [6, 6.07) is 5.53. The van der Waals surface area contributed by atoms with Gasteiger partial charge in [-0.05, 0) is 38.0 Å². The maximum Gasteiger partial charge on any atom is 0.387 e. The predicted molar refractivity (Wildman–Crippen MR) is 113 cm³/mol. The van der Waals surface area contributed by atoms with Crippen LogP contribution in [0.3, 0.4) is 0 Å². The maximum absolute atomic E-state index is 13.1. The molecule has 0 bridgehead atoms. The first-order valence-electron chi connectivity index (χ1n) is 9.87. The molecule has 1 amide bonds. The molecule has 0 aliphatic carbocycles. The van der Waals surface area contributed by atoms with Crippen LogP contribution in [0.15, 0.2) is 29.2 Å². The van der Waals surface area contributed by atoms with Crippen LogP contribution in [0.1, 0.15) is 34.6 Å². The number of aliphatic hydroxyl groups excluding tert-OH is 1. The van der Waals surface area contributed by atoms with E-state index in [2.05, 4.69) is 10.1 Å². The SMILES string of the molecule is Cc1c(S(=O)(=O)N2CCC(O)CC2)cc(C(=O)NCc2c(Cl)cccc2OC(F)F)n1C. The number of sulfonamides is 1. The second kappa shape index (κ2) is 9.74. The lowest BCUT2D eigenvalue weighted by molar-refractivity contribution is -0.0504. The number of amides is 1. The second-order valence-electron chi connectivity index (χ2n) is 7.45. The van der Waals surface area contributed by atoms with Crippen molar-refractivity contribution in [1.82, 2.24) is 14.2 Å². The molecule has 0 radical (unpaired) electrons. The van der Waals surface area contributed by atoms with Crippen LogP contribution < -0.4 is 10.1 Å². The number of carbonyl (C=O) groups excluding carboxylic acids is 1. The van der Waals surface area contributed by atoms with Gasteiger partial charge in [0.2, 0.25) is 10.0 Å². The number of halogens is 3. The number of ether oxygens (including phenoxy) is 1. The Labute approximate surface area is 189 Å². The Bertz CT molecular complexity index is 1100. The van der Waals surface area contributed by atoms with Crippen molar-refractivity contribution in [2.24, 2.45) is 7.05 Å². The number of piperidine rings is 1. The number of aliphatic hydroxyl groups is 1. The van der Waals surface area contributed by atoms with E-state index in [1.54, 1.807) is 14.0 Å². The fourth-order valence-corrected chi connectivity index (χ4v) is 5.52. The van der Waals surface area contributed by atoms with Gasteiger partial charge in [0.1, 0.15) is 16.3 Å². The Morgan fingerprint density at radius 3 is 2.62 bits per heavy atom. The summed E-state index contributed by atoms with van der Waals surface area (Å²) in [6.45, 7) is -1.28. The molecule has 0 spiro atoms. The number of nitrogens with zero attached hydrogens (tertiary/aromatic N) is 2. The van der Waals surface area contributed by atoms with E-state index in [1.807, 2.05) is 0 Å². The lowest BCUT2D eigenvalue weighted by atomic mass is 10.1. The number of aromatic nitrogens is 1. The molecule has 1 aliphatic heterocycles. The van der Waals surface area contributed by atoms with Crippen LogP contribution in [0.25, 0.3) is 0 Å². The van der Waals surface area contributed by atoms with Crippen molar-refractivity contribution in [3.8, 4) is 5.75 Å². The van der Waals surface area contributed by atoms with Crippen molar-refractivity contribution in [2.75, 3.05) is 13.1 Å². The molecule has 1 saturated heterocycles. The van der Waals surface area contributed by atoms with Crippen LogP contribution in [-0.2, 0) is 23.6 Å². The predicted octanol–water partition coefficient (Wildman–Crippen LogP) is 2.66. The Kier molecular flexibility index (Phi) is 7.43. The van der Waals surface area contributed by atoms with E-state index in [4.69, 9.17) is 11.6 Å². The normalized spacial score (nSPS) is 15.8. The fraction of sp³-hybridized carbons (Fsp3) is 0.450. The first-order chi connectivity index (χ1) is 15.0. The van der Waals surface area contributed by atoms with E-state index in [0.717, 1.165) is 0 Å². The van der Waals surface area contributed by atoms with E-state index in [9.17, 15) is 27.1 Å². The molecule has 3 rings (SSSR count). The highest BCUT2D eigenvalue weighted by Gasteiger charge is 2.32. The number of alkyl halides is 2. The van der Waals surface area contributed by atoms with Crippen molar-refractivity contribution in [2.45, 2.75) is 43.9 Å². The van der Waals surface area contributed by atoms with Crippen LogP contribution in [-0.4, -0.2) is 54.1 Å². The molecule has 32 heavy (non-hydrogen) atoms. The first kappa shape index (κ1) is 24.4. The van der Waals surface area contributed by atoms with Crippen molar-refractivity contribution in [3.05, 3.63) is 46.2 Å². The smallest absolute Gasteiger partial charge is 0.387 e. The highest BCUT2D eigenvalue weighted by Crippen LogP contribution is 2.29. The molecule has 2 aromatic rings. The van der Waals surface area contributed by atoms with Gasteiger partial charge in [-0.25, -0.2) is 8.42 Å². The minimum Gasteiger partial charge on any atom is -0.434 e. The van der Waals surface area contributed by atoms with Crippen LogP contribution in [0.4, 0.5) is 8.78 Å². The summed E-state index contributed by atoms with van der Waals surface area (Å²) in [6.07, 6.45) is 0.168. The largest absolute Gasteiger partial charge is 0.434 e. The molecular formula is C20H24ClF2N3O5S. The van der Waals surface area contributed by atoms with Gasteiger partial charge in [0.05, 0.1) is 6.10 Å². The van der Waals surface area contributed by atoms with E-state index >= 15 is 0 Å². The molecule has 1 aromatic carbocycles.